The summed E-state index contributed by atoms with van der Waals surface area (Å²) in [5, 5.41) is 6.09. The zero-order valence-electron chi connectivity index (χ0n) is 12.1. The number of nitrogens with zero attached hydrogens (tertiary/aromatic N) is 4. The minimum absolute atomic E-state index is 0.0223. The van der Waals surface area contributed by atoms with Gasteiger partial charge in [-0.3, -0.25) is 4.79 Å². The number of carbonyl (C=O) groups is 2. The molecule has 0 radical (unpaired) electrons. The lowest BCUT2D eigenvalue weighted by atomic mass is 10.1. The van der Waals surface area contributed by atoms with Crippen LogP contribution in [0.15, 0.2) is 5.11 Å². The zero-order chi connectivity index (χ0) is 15.2. The van der Waals surface area contributed by atoms with E-state index < -0.39 is 11.7 Å². The lowest BCUT2D eigenvalue weighted by Gasteiger charge is -2.21. The average Bonchev–Trinajstić information content (AvgIpc) is 2.65. The van der Waals surface area contributed by atoms with Gasteiger partial charge in [-0.25, -0.2) is 4.79 Å². The molecule has 0 aromatic rings. The molecule has 1 aliphatic rings. The van der Waals surface area contributed by atoms with Crippen molar-refractivity contribution in [3.8, 4) is 0 Å². The average molecular weight is 283 g/mol. The van der Waals surface area contributed by atoms with Gasteiger partial charge in [0.2, 0.25) is 5.91 Å². The summed E-state index contributed by atoms with van der Waals surface area (Å²) in [6, 6.07) is 0. The number of hydrogen-bond donors (Lipinski definition) is 1. The highest BCUT2D eigenvalue weighted by Gasteiger charge is 2.28. The molecule has 0 bridgehead atoms. The van der Waals surface area contributed by atoms with E-state index in [2.05, 4.69) is 15.3 Å². The molecule has 1 fully saturated rings. The van der Waals surface area contributed by atoms with E-state index in [9.17, 15) is 9.59 Å². The zero-order valence-corrected chi connectivity index (χ0v) is 12.1. The highest BCUT2D eigenvalue weighted by molar-refractivity contribution is 5.78. The topological polar surface area (TPSA) is 107 Å². The number of alkyl carbamates (subject to hydrolysis) is 1. The summed E-state index contributed by atoms with van der Waals surface area (Å²) in [4.78, 5) is 27.5. The fourth-order valence-electron chi connectivity index (χ4n) is 1.95. The number of ether oxygens (including phenoxy) is 1. The Morgan fingerprint density at radius 1 is 1.60 bits per heavy atom. The molecule has 1 heterocycles. The first kappa shape index (κ1) is 16.1. The van der Waals surface area contributed by atoms with Gasteiger partial charge in [-0.2, -0.15) is 0 Å². The number of amides is 2. The fourth-order valence-corrected chi connectivity index (χ4v) is 1.95. The van der Waals surface area contributed by atoms with Gasteiger partial charge >= 0.3 is 6.09 Å². The van der Waals surface area contributed by atoms with Crippen LogP contribution in [0.5, 0.6) is 0 Å². The molecule has 1 rings (SSSR count). The van der Waals surface area contributed by atoms with Gasteiger partial charge in [0, 0.05) is 37.5 Å². The van der Waals surface area contributed by atoms with E-state index in [0.29, 0.717) is 32.6 Å². The second-order valence-electron chi connectivity index (χ2n) is 5.75. The van der Waals surface area contributed by atoms with Crippen LogP contribution in [0.1, 0.15) is 27.2 Å². The Balaban J connectivity index is 2.27. The predicted octanol–water partition coefficient (Wildman–Crippen LogP) is 1.67. The van der Waals surface area contributed by atoms with Crippen LogP contribution in [0.3, 0.4) is 0 Å². The van der Waals surface area contributed by atoms with Crippen molar-refractivity contribution in [1.29, 1.82) is 0 Å². The summed E-state index contributed by atoms with van der Waals surface area (Å²) >= 11 is 0. The van der Waals surface area contributed by atoms with Gasteiger partial charge in [0.25, 0.3) is 0 Å². The fraction of sp³-hybridized carbons (Fsp3) is 0.833. The maximum absolute atomic E-state index is 11.7. The molecule has 8 nitrogen and oxygen atoms in total. The molecule has 1 N–H and O–H groups in total. The molecule has 1 atom stereocenters. The first-order valence-corrected chi connectivity index (χ1v) is 6.57. The molecular formula is C12H21N5O3. The SMILES string of the molecule is CC(C)(C)OC(=O)NCCN1CC(CN=[N+]=[N-])CC1=O. The molecule has 1 saturated heterocycles. The minimum atomic E-state index is -0.534. The van der Waals surface area contributed by atoms with Crippen LogP contribution in [0.4, 0.5) is 4.79 Å². The van der Waals surface area contributed by atoms with Crippen LogP contribution in [0.2, 0.25) is 0 Å². The van der Waals surface area contributed by atoms with Crippen molar-refractivity contribution in [3.05, 3.63) is 10.4 Å². The van der Waals surface area contributed by atoms with Crippen molar-refractivity contribution in [2.75, 3.05) is 26.2 Å². The Bertz CT molecular complexity index is 412. The number of carbonyl (C=O) groups excluding carboxylic acids is 2. The van der Waals surface area contributed by atoms with Gasteiger partial charge in [-0.05, 0) is 32.2 Å². The summed E-state index contributed by atoms with van der Waals surface area (Å²) in [5.41, 5.74) is 7.72. The van der Waals surface area contributed by atoms with E-state index >= 15 is 0 Å². The summed E-state index contributed by atoms with van der Waals surface area (Å²) in [6.45, 7) is 7.04. The lowest BCUT2D eigenvalue weighted by molar-refractivity contribution is -0.127. The maximum atomic E-state index is 11.7. The Morgan fingerprint density at radius 3 is 2.90 bits per heavy atom. The highest BCUT2D eigenvalue weighted by Crippen LogP contribution is 2.17. The summed E-state index contributed by atoms with van der Waals surface area (Å²) in [6.07, 6.45) is -0.0966. The molecule has 0 spiro atoms. The van der Waals surface area contributed by atoms with Gasteiger partial charge in [-0.1, -0.05) is 5.11 Å². The number of hydrogen-bond acceptors (Lipinski definition) is 4. The summed E-state index contributed by atoms with van der Waals surface area (Å²) < 4.78 is 5.09. The Morgan fingerprint density at radius 2 is 2.30 bits per heavy atom. The van der Waals surface area contributed by atoms with E-state index in [1.165, 1.54) is 0 Å². The van der Waals surface area contributed by atoms with Crippen LogP contribution < -0.4 is 5.32 Å². The monoisotopic (exact) mass is 283 g/mol. The van der Waals surface area contributed by atoms with E-state index in [-0.39, 0.29) is 11.8 Å². The Hall–Kier alpha value is -1.95. The van der Waals surface area contributed by atoms with Crippen molar-refractivity contribution in [1.82, 2.24) is 10.2 Å². The van der Waals surface area contributed by atoms with Crippen LogP contribution in [-0.4, -0.2) is 48.7 Å². The molecule has 2 amide bonds. The Kier molecular flexibility index (Phi) is 5.64. The number of nitrogens with one attached hydrogen (secondary N) is 1. The van der Waals surface area contributed by atoms with Crippen LogP contribution >= 0.6 is 0 Å². The van der Waals surface area contributed by atoms with Crippen molar-refractivity contribution in [2.45, 2.75) is 32.8 Å². The lowest BCUT2D eigenvalue weighted by Crippen LogP contribution is -2.38. The minimum Gasteiger partial charge on any atom is -0.444 e. The third kappa shape index (κ3) is 5.79. The highest BCUT2D eigenvalue weighted by atomic mass is 16.6. The van der Waals surface area contributed by atoms with E-state index in [1.54, 1.807) is 25.7 Å². The molecule has 0 saturated carbocycles. The van der Waals surface area contributed by atoms with Gasteiger partial charge in [0.05, 0.1) is 0 Å². The van der Waals surface area contributed by atoms with Crippen molar-refractivity contribution in [2.24, 2.45) is 11.0 Å². The van der Waals surface area contributed by atoms with Crippen molar-refractivity contribution in [3.63, 3.8) is 0 Å². The van der Waals surface area contributed by atoms with Gasteiger partial charge < -0.3 is 15.0 Å². The molecule has 0 aliphatic carbocycles. The molecule has 0 aromatic carbocycles. The first-order valence-electron chi connectivity index (χ1n) is 6.57. The predicted molar refractivity (Wildman–Crippen MR) is 72.9 cm³/mol. The van der Waals surface area contributed by atoms with Gasteiger partial charge in [0.15, 0.2) is 0 Å². The number of likely N-dealkylation sites (tertiary alicyclic amines) is 1. The third-order valence-corrected chi connectivity index (χ3v) is 2.75. The maximum Gasteiger partial charge on any atom is 0.407 e. The number of azide groups is 1. The van der Waals surface area contributed by atoms with Crippen molar-refractivity contribution < 1.29 is 14.3 Å². The second-order valence-corrected chi connectivity index (χ2v) is 5.75. The van der Waals surface area contributed by atoms with Crippen LogP contribution in [0.25, 0.3) is 10.4 Å². The quantitative estimate of drug-likeness (QED) is 0.471. The summed E-state index contributed by atoms with van der Waals surface area (Å²) in [5.74, 6) is 0.0917. The molecule has 0 aromatic heterocycles. The first-order chi connectivity index (χ1) is 9.31. The molecular weight excluding hydrogens is 262 g/mol. The molecule has 112 valence electrons. The van der Waals surface area contributed by atoms with E-state index in [0.717, 1.165) is 0 Å². The molecule has 1 unspecified atom stereocenters. The largest absolute Gasteiger partial charge is 0.444 e. The van der Waals surface area contributed by atoms with Gasteiger partial charge in [-0.15, -0.1) is 0 Å². The van der Waals surface area contributed by atoms with E-state index in [1.807, 2.05) is 0 Å². The third-order valence-electron chi connectivity index (χ3n) is 2.75. The van der Waals surface area contributed by atoms with Crippen molar-refractivity contribution >= 4 is 12.0 Å². The molecule has 8 heteroatoms. The second kappa shape index (κ2) is 7.00. The smallest absolute Gasteiger partial charge is 0.407 e. The molecule has 20 heavy (non-hydrogen) atoms. The molecule has 1 aliphatic heterocycles. The van der Waals surface area contributed by atoms with Gasteiger partial charge in [0.1, 0.15) is 5.60 Å². The van der Waals surface area contributed by atoms with Crippen LogP contribution in [0, 0.1) is 5.92 Å². The number of rotatable bonds is 5. The standard InChI is InChI=1S/C12H21N5O3/c1-12(2,3)20-11(19)14-4-5-17-8-9(6-10(17)18)7-15-16-13/h9H,4-8H2,1-3H3,(H,14,19). The normalized spacial score (nSPS) is 18.6. The van der Waals surface area contributed by atoms with E-state index in [4.69, 9.17) is 10.3 Å². The summed E-state index contributed by atoms with van der Waals surface area (Å²) in [7, 11) is 0. The van der Waals surface area contributed by atoms with Crippen LogP contribution in [-0.2, 0) is 9.53 Å². The Labute approximate surface area is 118 Å².